The van der Waals surface area contributed by atoms with E-state index >= 15 is 0 Å². The first kappa shape index (κ1) is 12.2. The Kier molecular flexibility index (Phi) is 3.38. The second-order valence-electron chi connectivity index (χ2n) is 3.97. The molecule has 2 rings (SSSR count). The van der Waals surface area contributed by atoms with Crippen molar-refractivity contribution >= 4 is 11.1 Å². The SMILES string of the molecule is C=C(C(=C)c1ccc(F)cc1)c1ccc(F)cc1. The van der Waals surface area contributed by atoms with Gasteiger partial charge >= 0.3 is 0 Å². The van der Waals surface area contributed by atoms with Gasteiger partial charge < -0.3 is 0 Å². The lowest BCUT2D eigenvalue weighted by Gasteiger charge is -2.10. The van der Waals surface area contributed by atoms with E-state index in [4.69, 9.17) is 0 Å². The van der Waals surface area contributed by atoms with Crippen LogP contribution in [0.15, 0.2) is 61.7 Å². The van der Waals surface area contributed by atoms with Crippen LogP contribution in [-0.4, -0.2) is 0 Å². The Hall–Kier alpha value is -2.22. The van der Waals surface area contributed by atoms with Crippen LogP contribution in [0.3, 0.4) is 0 Å². The van der Waals surface area contributed by atoms with Crippen LogP contribution in [0.2, 0.25) is 0 Å². The van der Waals surface area contributed by atoms with Crippen LogP contribution < -0.4 is 0 Å². The minimum absolute atomic E-state index is 0.293. The predicted molar refractivity (Wildman–Crippen MR) is 70.9 cm³/mol. The lowest BCUT2D eigenvalue weighted by molar-refractivity contribution is 0.627. The van der Waals surface area contributed by atoms with Crippen LogP contribution in [0.4, 0.5) is 8.78 Å². The van der Waals surface area contributed by atoms with Gasteiger partial charge in [-0.05, 0) is 46.5 Å². The van der Waals surface area contributed by atoms with Crippen molar-refractivity contribution in [1.29, 1.82) is 0 Å². The van der Waals surface area contributed by atoms with Crippen molar-refractivity contribution in [2.45, 2.75) is 0 Å². The highest BCUT2D eigenvalue weighted by Crippen LogP contribution is 2.28. The molecule has 0 fully saturated rings. The average Bonchev–Trinajstić information content (AvgIpc) is 2.39. The number of benzene rings is 2. The molecular formula is C16H12F2. The molecule has 90 valence electrons. The highest BCUT2D eigenvalue weighted by Gasteiger charge is 2.06. The van der Waals surface area contributed by atoms with Gasteiger partial charge in [0, 0.05) is 0 Å². The summed E-state index contributed by atoms with van der Waals surface area (Å²) >= 11 is 0. The Morgan fingerprint density at radius 3 is 1.17 bits per heavy atom. The van der Waals surface area contributed by atoms with Crippen molar-refractivity contribution < 1.29 is 8.78 Å². The maximum atomic E-state index is 12.8. The molecule has 0 aliphatic heterocycles. The molecule has 2 heteroatoms. The molecule has 0 aliphatic rings. The smallest absolute Gasteiger partial charge is 0.123 e. The summed E-state index contributed by atoms with van der Waals surface area (Å²) in [7, 11) is 0. The fourth-order valence-electron chi connectivity index (χ4n) is 1.65. The minimum atomic E-state index is -0.293. The number of halogens is 2. The lowest BCUT2D eigenvalue weighted by Crippen LogP contribution is -1.88. The summed E-state index contributed by atoms with van der Waals surface area (Å²) < 4.78 is 25.6. The van der Waals surface area contributed by atoms with Gasteiger partial charge in [-0.3, -0.25) is 0 Å². The Balaban J connectivity index is 2.26. The van der Waals surface area contributed by atoms with Crippen LogP contribution in [-0.2, 0) is 0 Å². The maximum absolute atomic E-state index is 12.8. The van der Waals surface area contributed by atoms with E-state index < -0.39 is 0 Å². The van der Waals surface area contributed by atoms with Crippen LogP contribution in [0.25, 0.3) is 11.1 Å². The average molecular weight is 242 g/mol. The van der Waals surface area contributed by atoms with E-state index in [1.165, 1.54) is 24.3 Å². The van der Waals surface area contributed by atoms with Gasteiger partial charge in [-0.25, -0.2) is 8.78 Å². The van der Waals surface area contributed by atoms with E-state index in [1.807, 2.05) is 0 Å². The van der Waals surface area contributed by atoms with Crippen molar-refractivity contribution in [3.8, 4) is 0 Å². The summed E-state index contributed by atoms with van der Waals surface area (Å²) in [6, 6.07) is 12.1. The molecule has 2 aromatic carbocycles. The molecule has 0 atom stereocenters. The fraction of sp³-hybridized carbons (Fsp3) is 0. The van der Waals surface area contributed by atoms with Gasteiger partial charge in [-0.15, -0.1) is 0 Å². The van der Waals surface area contributed by atoms with Gasteiger partial charge in [0.2, 0.25) is 0 Å². The summed E-state index contributed by atoms with van der Waals surface area (Å²) in [6.45, 7) is 7.88. The van der Waals surface area contributed by atoms with E-state index in [9.17, 15) is 8.78 Å². The van der Waals surface area contributed by atoms with Crippen LogP contribution in [0.5, 0.6) is 0 Å². The normalized spacial score (nSPS) is 10.1. The quantitative estimate of drug-likeness (QED) is 0.685. The topological polar surface area (TPSA) is 0 Å². The largest absolute Gasteiger partial charge is 0.207 e. The molecule has 0 aliphatic carbocycles. The van der Waals surface area contributed by atoms with Crippen molar-refractivity contribution in [3.05, 3.63) is 84.5 Å². The van der Waals surface area contributed by atoms with Gasteiger partial charge in [-0.1, -0.05) is 37.4 Å². The van der Waals surface area contributed by atoms with Crippen LogP contribution in [0, 0.1) is 11.6 Å². The molecule has 0 aromatic heterocycles. The first-order chi connectivity index (χ1) is 8.58. The third-order valence-electron chi connectivity index (χ3n) is 2.75. The monoisotopic (exact) mass is 242 g/mol. The van der Waals surface area contributed by atoms with Crippen molar-refractivity contribution in [2.24, 2.45) is 0 Å². The Labute approximate surface area is 105 Å². The van der Waals surface area contributed by atoms with E-state index in [0.717, 1.165) is 11.1 Å². The molecule has 0 unspecified atom stereocenters. The van der Waals surface area contributed by atoms with Crippen LogP contribution >= 0.6 is 0 Å². The summed E-state index contributed by atoms with van der Waals surface area (Å²) in [5, 5.41) is 0. The highest BCUT2D eigenvalue weighted by molar-refractivity contribution is 6.02. The van der Waals surface area contributed by atoms with Crippen molar-refractivity contribution in [1.82, 2.24) is 0 Å². The molecule has 2 aromatic rings. The van der Waals surface area contributed by atoms with E-state index in [2.05, 4.69) is 13.2 Å². The summed E-state index contributed by atoms with van der Waals surface area (Å²) in [5.74, 6) is -0.585. The molecule has 0 amide bonds. The van der Waals surface area contributed by atoms with Crippen LogP contribution in [0.1, 0.15) is 11.1 Å². The Bertz CT molecular complexity index is 522. The summed E-state index contributed by atoms with van der Waals surface area (Å²) in [5.41, 5.74) is 2.99. The highest BCUT2D eigenvalue weighted by atomic mass is 19.1. The number of allylic oxidation sites excluding steroid dienone is 2. The fourth-order valence-corrected chi connectivity index (χ4v) is 1.65. The zero-order valence-corrected chi connectivity index (χ0v) is 9.79. The Morgan fingerprint density at radius 1 is 0.611 bits per heavy atom. The number of hydrogen-bond donors (Lipinski definition) is 0. The second kappa shape index (κ2) is 4.96. The van der Waals surface area contributed by atoms with E-state index in [-0.39, 0.29) is 11.6 Å². The zero-order valence-electron chi connectivity index (χ0n) is 9.79. The molecule has 0 heterocycles. The molecule has 0 radical (unpaired) electrons. The van der Waals surface area contributed by atoms with Crippen molar-refractivity contribution in [2.75, 3.05) is 0 Å². The molecule has 0 saturated heterocycles. The number of hydrogen-bond acceptors (Lipinski definition) is 0. The first-order valence-electron chi connectivity index (χ1n) is 5.48. The standard InChI is InChI=1S/C16H12F2/c1-11(13-3-7-15(17)8-4-13)12(2)14-5-9-16(18)10-6-14/h3-10H,1-2H2. The third-order valence-corrected chi connectivity index (χ3v) is 2.75. The molecule has 0 saturated carbocycles. The van der Waals surface area contributed by atoms with Gasteiger partial charge in [-0.2, -0.15) is 0 Å². The van der Waals surface area contributed by atoms with E-state index in [1.54, 1.807) is 24.3 Å². The zero-order chi connectivity index (χ0) is 13.1. The summed E-state index contributed by atoms with van der Waals surface area (Å²) in [6.07, 6.45) is 0. The second-order valence-corrected chi connectivity index (χ2v) is 3.97. The van der Waals surface area contributed by atoms with Gasteiger partial charge in [0.15, 0.2) is 0 Å². The Morgan fingerprint density at radius 2 is 0.889 bits per heavy atom. The molecule has 0 spiro atoms. The van der Waals surface area contributed by atoms with Gasteiger partial charge in [0.05, 0.1) is 0 Å². The van der Waals surface area contributed by atoms with Gasteiger partial charge in [0.1, 0.15) is 11.6 Å². The molecule has 0 N–H and O–H groups in total. The third kappa shape index (κ3) is 2.54. The first-order valence-corrected chi connectivity index (χ1v) is 5.48. The van der Waals surface area contributed by atoms with Crippen molar-refractivity contribution in [3.63, 3.8) is 0 Å². The molecule has 0 nitrogen and oxygen atoms in total. The predicted octanol–water partition coefficient (Wildman–Crippen LogP) is 4.69. The maximum Gasteiger partial charge on any atom is 0.123 e. The molecule has 18 heavy (non-hydrogen) atoms. The summed E-state index contributed by atoms with van der Waals surface area (Å²) in [4.78, 5) is 0. The minimum Gasteiger partial charge on any atom is -0.207 e. The van der Waals surface area contributed by atoms with E-state index in [0.29, 0.717) is 11.1 Å². The lowest BCUT2D eigenvalue weighted by atomic mass is 9.95. The number of rotatable bonds is 3. The molecule has 0 bridgehead atoms. The molecular weight excluding hydrogens is 230 g/mol. The van der Waals surface area contributed by atoms with Gasteiger partial charge in [0.25, 0.3) is 0 Å².